The lowest BCUT2D eigenvalue weighted by Crippen LogP contribution is -2.23. The molecule has 1 aliphatic rings. The lowest BCUT2D eigenvalue weighted by molar-refractivity contribution is -0.385. The van der Waals surface area contributed by atoms with E-state index in [-0.39, 0.29) is 16.7 Å². The van der Waals surface area contributed by atoms with Crippen LogP contribution >= 0.6 is 0 Å². The minimum atomic E-state index is -0.311. The molecule has 3 rings (SSSR count). The first-order chi connectivity index (χ1) is 12.1. The second-order valence-electron chi connectivity index (χ2n) is 6.12. The first-order valence-corrected chi connectivity index (χ1v) is 8.32. The molecule has 0 radical (unpaired) electrons. The topological polar surface area (TPSA) is 64.8 Å². The minimum Gasteiger partial charge on any atom is -0.497 e. The maximum atomic E-state index is 11.3. The Morgan fingerprint density at radius 2 is 2.00 bits per heavy atom. The number of methoxy groups -OCH3 is 2. The van der Waals surface area contributed by atoms with Gasteiger partial charge in [-0.1, -0.05) is 24.3 Å². The van der Waals surface area contributed by atoms with E-state index in [1.165, 1.54) is 0 Å². The van der Waals surface area contributed by atoms with Gasteiger partial charge in [-0.05, 0) is 25.5 Å². The molecule has 0 bridgehead atoms. The Labute approximate surface area is 147 Å². The van der Waals surface area contributed by atoms with Crippen LogP contribution in [0.1, 0.15) is 30.0 Å². The molecule has 0 aliphatic carbocycles. The summed E-state index contributed by atoms with van der Waals surface area (Å²) >= 11 is 0. The smallest absolute Gasteiger partial charge is 0.273 e. The van der Waals surface area contributed by atoms with E-state index < -0.39 is 0 Å². The van der Waals surface area contributed by atoms with Gasteiger partial charge in [0, 0.05) is 35.8 Å². The van der Waals surface area contributed by atoms with Gasteiger partial charge in [0.2, 0.25) is 0 Å². The van der Waals surface area contributed by atoms with Crippen molar-refractivity contribution in [1.82, 2.24) is 4.90 Å². The molecule has 1 fully saturated rings. The monoisotopic (exact) mass is 342 g/mol. The number of ether oxygens (including phenoxy) is 2. The van der Waals surface area contributed by atoms with Crippen molar-refractivity contribution in [3.63, 3.8) is 0 Å². The van der Waals surface area contributed by atoms with Crippen LogP contribution in [0.2, 0.25) is 0 Å². The van der Waals surface area contributed by atoms with E-state index in [1.54, 1.807) is 26.4 Å². The molecule has 6 heteroatoms. The molecular weight excluding hydrogens is 320 g/mol. The van der Waals surface area contributed by atoms with Crippen LogP contribution in [0.3, 0.4) is 0 Å². The Bertz CT molecular complexity index is 763. The molecule has 0 N–H and O–H groups in total. The van der Waals surface area contributed by atoms with Crippen LogP contribution in [-0.4, -0.2) is 30.6 Å². The average molecular weight is 342 g/mol. The van der Waals surface area contributed by atoms with Crippen molar-refractivity contribution < 1.29 is 14.4 Å². The number of para-hydroxylation sites is 1. The lowest BCUT2D eigenvalue weighted by atomic mass is 10.0. The van der Waals surface area contributed by atoms with E-state index in [2.05, 4.69) is 4.90 Å². The number of nitro groups is 1. The zero-order valence-electron chi connectivity index (χ0n) is 14.5. The fourth-order valence-corrected chi connectivity index (χ4v) is 3.50. The predicted molar refractivity (Wildman–Crippen MR) is 95.0 cm³/mol. The van der Waals surface area contributed by atoms with Crippen molar-refractivity contribution in [1.29, 1.82) is 0 Å². The second kappa shape index (κ2) is 7.53. The van der Waals surface area contributed by atoms with Crippen LogP contribution in [0.5, 0.6) is 11.5 Å². The third-order valence-electron chi connectivity index (χ3n) is 4.73. The quantitative estimate of drug-likeness (QED) is 0.587. The molecule has 6 nitrogen and oxygen atoms in total. The van der Waals surface area contributed by atoms with Crippen LogP contribution in [0.25, 0.3) is 0 Å². The summed E-state index contributed by atoms with van der Waals surface area (Å²) in [5.41, 5.74) is 2.01. The maximum Gasteiger partial charge on any atom is 0.273 e. The third-order valence-corrected chi connectivity index (χ3v) is 4.73. The molecule has 1 aliphatic heterocycles. The fourth-order valence-electron chi connectivity index (χ4n) is 3.50. The molecule has 2 aromatic carbocycles. The summed E-state index contributed by atoms with van der Waals surface area (Å²) in [6.45, 7) is 1.46. The highest BCUT2D eigenvalue weighted by atomic mass is 16.6. The third kappa shape index (κ3) is 3.58. The molecule has 132 valence electrons. The van der Waals surface area contributed by atoms with Crippen molar-refractivity contribution in [3.05, 3.63) is 63.7 Å². The van der Waals surface area contributed by atoms with E-state index in [1.807, 2.05) is 30.3 Å². The number of nitrogens with zero attached hydrogens (tertiary/aromatic N) is 2. The van der Waals surface area contributed by atoms with Crippen LogP contribution in [0.15, 0.2) is 42.5 Å². The first kappa shape index (κ1) is 17.2. The van der Waals surface area contributed by atoms with E-state index >= 15 is 0 Å². The lowest BCUT2D eigenvalue weighted by Gasteiger charge is -2.26. The van der Waals surface area contributed by atoms with E-state index in [0.29, 0.717) is 6.54 Å². The Morgan fingerprint density at radius 3 is 2.72 bits per heavy atom. The van der Waals surface area contributed by atoms with Gasteiger partial charge < -0.3 is 9.47 Å². The normalized spacial score (nSPS) is 17.4. The maximum absolute atomic E-state index is 11.3. The van der Waals surface area contributed by atoms with E-state index in [0.717, 1.165) is 42.0 Å². The van der Waals surface area contributed by atoms with Gasteiger partial charge in [-0.2, -0.15) is 0 Å². The molecule has 1 heterocycles. The number of hydrogen-bond acceptors (Lipinski definition) is 5. The van der Waals surface area contributed by atoms with Crippen molar-refractivity contribution in [2.24, 2.45) is 0 Å². The highest BCUT2D eigenvalue weighted by molar-refractivity contribution is 5.44. The van der Waals surface area contributed by atoms with Crippen LogP contribution in [0.4, 0.5) is 5.69 Å². The molecule has 0 spiro atoms. The summed E-state index contributed by atoms with van der Waals surface area (Å²) in [4.78, 5) is 13.2. The Kier molecular flexibility index (Phi) is 5.19. The van der Waals surface area contributed by atoms with Gasteiger partial charge in [0.05, 0.1) is 19.1 Å². The van der Waals surface area contributed by atoms with Crippen LogP contribution in [0, 0.1) is 10.1 Å². The molecule has 0 saturated carbocycles. The first-order valence-electron chi connectivity index (χ1n) is 8.32. The molecular formula is C19H22N2O4. The molecule has 0 amide bonds. The van der Waals surface area contributed by atoms with Crippen molar-refractivity contribution in [2.45, 2.75) is 25.4 Å². The van der Waals surface area contributed by atoms with Crippen molar-refractivity contribution in [2.75, 3.05) is 20.8 Å². The fraction of sp³-hybridized carbons (Fsp3) is 0.368. The van der Waals surface area contributed by atoms with Crippen LogP contribution in [-0.2, 0) is 6.54 Å². The van der Waals surface area contributed by atoms with Gasteiger partial charge in [0.15, 0.2) is 0 Å². The molecule has 25 heavy (non-hydrogen) atoms. The second-order valence-corrected chi connectivity index (χ2v) is 6.12. The standard InChI is InChI=1S/C19H22N2O4/c1-24-15-9-10-16(19(12-15)25-2)18-8-5-11-20(18)13-14-6-3-4-7-17(14)21(22)23/h3-4,6-7,9-10,12,18H,5,8,11,13H2,1-2H3. The van der Waals surface area contributed by atoms with Gasteiger partial charge in [0.1, 0.15) is 11.5 Å². The molecule has 0 aromatic heterocycles. The van der Waals surface area contributed by atoms with Gasteiger partial charge in [-0.25, -0.2) is 0 Å². The van der Waals surface area contributed by atoms with E-state index in [4.69, 9.17) is 9.47 Å². The summed E-state index contributed by atoms with van der Waals surface area (Å²) in [5, 5.41) is 11.3. The van der Waals surface area contributed by atoms with Gasteiger partial charge in [-0.3, -0.25) is 15.0 Å². The van der Waals surface area contributed by atoms with Gasteiger partial charge in [-0.15, -0.1) is 0 Å². The minimum absolute atomic E-state index is 0.176. The summed E-state index contributed by atoms with van der Waals surface area (Å²) < 4.78 is 10.8. The highest BCUT2D eigenvalue weighted by Crippen LogP contribution is 2.39. The summed E-state index contributed by atoms with van der Waals surface area (Å²) in [5.74, 6) is 1.54. The van der Waals surface area contributed by atoms with Gasteiger partial charge in [0.25, 0.3) is 5.69 Å². The number of hydrogen-bond donors (Lipinski definition) is 0. The summed E-state index contributed by atoms with van der Waals surface area (Å²) in [6.07, 6.45) is 2.06. The number of benzene rings is 2. The van der Waals surface area contributed by atoms with Crippen molar-refractivity contribution in [3.8, 4) is 11.5 Å². The molecule has 1 saturated heterocycles. The predicted octanol–water partition coefficient (Wildman–Crippen LogP) is 3.95. The number of rotatable bonds is 6. The number of likely N-dealkylation sites (tertiary alicyclic amines) is 1. The average Bonchev–Trinajstić information content (AvgIpc) is 3.09. The zero-order chi connectivity index (χ0) is 17.8. The Morgan fingerprint density at radius 1 is 1.20 bits per heavy atom. The highest BCUT2D eigenvalue weighted by Gasteiger charge is 2.30. The van der Waals surface area contributed by atoms with Crippen LogP contribution < -0.4 is 9.47 Å². The molecule has 1 unspecified atom stereocenters. The summed E-state index contributed by atoms with van der Waals surface area (Å²) in [7, 11) is 3.28. The van der Waals surface area contributed by atoms with E-state index in [9.17, 15) is 10.1 Å². The molecule has 2 aromatic rings. The SMILES string of the molecule is COc1ccc(C2CCCN2Cc2ccccc2[N+](=O)[O-])c(OC)c1. The summed E-state index contributed by atoms with van der Waals surface area (Å²) in [6, 6.07) is 13.0. The Balaban J connectivity index is 1.88. The zero-order valence-corrected chi connectivity index (χ0v) is 14.5. The molecule has 1 atom stereocenters. The Hall–Kier alpha value is -2.60. The van der Waals surface area contributed by atoms with Crippen molar-refractivity contribution >= 4 is 5.69 Å². The van der Waals surface area contributed by atoms with Gasteiger partial charge >= 0.3 is 0 Å². The largest absolute Gasteiger partial charge is 0.497 e. The number of nitro benzene ring substituents is 1.